The van der Waals surface area contributed by atoms with E-state index in [1.165, 1.54) is 11.1 Å². The summed E-state index contributed by atoms with van der Waals surface area (Å²) < 4.78 is 7.79. The summed E-state index contributed by atoms with van der Waals surface area (Å²) in [6.07, 6.45) is 4.73. The molecule has 0 radical (unpaired) electrons. The standard InChI is InChI=1S/C24H28N4O2/c1-19-9-11-22(12-10-19)30-17-24(29)27-13-5-8-21(16-27)14-23-26-25-18-28(23)15-20-6-3-2-4-7-20/h2-4,6-7,9-12,18,21H,5,8,13-17H2,1H3. The summed E-state index contributed by atoms with van der Waals surface area (Å²) in [6.45, 7) is 4.42. The van der Waals surface area contributed by atoms with Crippen LogP contribution in [0.3, 0.4) is 0 Å². The molecule has 0 saturated carbocycles. The predicted molar refractivity (Wildman–Crippen MR) is 115 cm³/mol. The first kappa shape index (κ1) is 20.1. The van der Waals surface area contributed by atoms with Crippen molar-refractivity contribution in [1.29, 1.82) is 0 Å². The minimum atomic E-state index is 0.0472. The van der Waals surface area contributed by atoms with Crippen LogP contribution in [-0.2, 0) is 17.8 Å². The van der Waals surface area contributed by atoms with Crippen LogP contribution in [0.5, 0.6) is 5.75 Å². The van der Waals surface area contributed by atoms with E-state index in [4.69, 9.17) is 4.74 Å². The Hall–Kier alpha value is -3.15. The van der Waals surface area contributed by atoms with Crippen molar-refractivity contribution in [2.75, 3.05) is 19.7 Å². The lowest BCUT2D eigenvalue weighted by Crippen LogP contribution is -2.43. The quantitative estimate of drug-likeness (QED) is 0.605. The number of carbonyl (C=O) groups is 1. The fraction of sp³-hybridized carbons (Fsp3) is 0.375. The van der Waals surface area contributed by atoms with Gasteiger partial charge < -0.3 is 14.2 Å². The van der Waals surface area contributed by atoms with Gasteiger partial charge >= 0.3 is 0 Å². The number of hydrogen-bond acceptors (Lipinski definition) is 4. The number of ether oxygens (including phenoxy) is 1. The molecule has 1 saturated heterocycles. The number of likely N-dealkylation sites (tertiary alicyclic amines) is 1. The molecule has 4 rings (SSSR count). The number of aryl methyl sites for hydroxylation is 1. The number of nitrogens with zero attached hydrogens (tertiary/aromatic N) is 4. The van der Waals surface area contributed by atoms with Crippen molar-refractivity contribution in [3.8, 4) is 5.75 Å². The van der Waals surface area contributed by atoms with Crippen molar-refractivity contribution in [2.24, 2.45) is 5.92 Å². The highest BCUT2D eigenvalue weighted by Gasteiger charge is 2.25. The number of piperidine rings is 1. The van der Waals surface area contributed by atoms with Crippen LogP contribution >= 0.6 is 0 Å². The lowest BCUT2D eigenvalue weighted by Gasteiger charge is -2.32. The molecule has 30 heavy (non-hydrogen) atoms. The molecule has 1 aliphatic rings. The van der Waals surface area contributed by atoms with Crippen LogP contribution in [0.4, 0.5) is 0 Å². The van der Waals surface area contributed by atoms with Crippen LogP contribution in [-0.4, -0.2) is 45.3 Å². The highest BCUT2D eigenvalue weighted by Crippen LogP contribution is 2.21. The number of carbonyl (C=O) groups excluding carboxylic acids is 1. The molecule has 1 aliphatic heterocycles. The van der Waals surface area contributed by atoms with E-state index < -0.39 is 0 Å². The Bertz CT molecular complexity index is 953. The third-order valence-corrected chi connectivity index (χ3v) is 5.62. The fourth-order valence-corrected chi connectivity index (χ4v) is 3.94. The van der Waals surface area contributed by atoms with Crippen LogP contribution in [0.25, 0.3) is 0 Å². The van der Waals surface area contributed by atoms with Gasteiger partial charge in [-0.05, 0) is 43.4 Å². The molecule has 1 fully saturated rings. The zero-order valence-corrected chi connectivity index (χ0v) is 17.4. The van der Waals surface area contributed by atoms with Crippen molar-refractivity contribution >= 4 is 5.91 Å². The van der Waals surface area contributed by atoms with Crippen LogP contribution in [0.15, 0.2) is 60.9 Å². The second kappa shape index (κ2) is 9.57. The van der Waals surface area contributed by atoms with Crippen molar-refractivity contribution in [2.45, 2.75) is 32.7 Å². The van der Waals surface area contributed by atoms with E-state index in [9.17, 15) is 4.79 Å². The molecule has 0 aliphatic carbocycles. The summed E-state index contributed by atoms with van der Waals surface area (Å²) >= 11 is 0. The third-order valence-electron chi connectivity index (χ3n) is 5.62. The monoisotopic (exact) mass is 404 g/mol. The molecule has 6 nitrogen and oxygen atoms in total. The second-order valence-electron chi connectivity index (χ2n) is 8.01. The van der Waals surface area contributed by atoms with E-state index in [0.29, 0.717) is 5.92 Å². The smallest absolute Gasteiger partial charge is 0.260 e. The van der Waals surface area contributed by atoms with Gasteiger partial charge in [-0.25, -0.2) is 0 Å². The number of rotatable bonds is 7. The molecule has 2 aromatic carbocycles. The molecule has 6 heteroatoms. The first-order chi connectivity index (χ1) is 14.7. The largest absolute Gasteiger partial charge is 0.484 e. The van der Waals surface area contributed by atoms with Gasteiger partial charge in [-0.3, -0.25) is 4.79 Å². The molecule has 0 spiro atoms. The lowest BCUT2D eigenvalue weighted by atomic mass is 9.94. The Morgan fingerprint density at radius 3 is 2.73 bits per heavy atom. The maximum absolute atomic E-state index is 12.7. The summed E-state index contributed by atoms with van der Waals surface area (Å²) in [5.74, 6) is 2.15. The summed E-state index contributed by atoms with van der Waals surface area (Å²) in [4.78, 5) is 14.6. The van der Waals surface area contributed by atoms with Crippen molar-refractivity contribution < 1.29 is 9.53 Å². The number of amides is 1. The first-order valence-corrected chi connectivity index (χ1v) is 10.6. The molecule has 1 amide bonds. The van der Waals surface area contributed by atoms with Crippen LogP contribution < -0.4 is 4.74 Å². The minimum Gasteiger partial charge on any atom is -0.484 e. The van der Waals surface area contributed by atoms with Gasteiger partial charge in [0.25, 0.3) is 5.91 Å². The topological polar surface area (TPSA) is 60.2 Å². The molecule has 1 unspecified atom stereocenters. The molecular formula is C24H28N4O2. The molecule has 1 atom stereocenters. The maximum Gasteiger partial charge on any atom is 0.260 e. The van der Waals surface area contributed by atoms with Gasteiger partial charge in [0.2, 0.25) is 0 Å². The van der Waals surface area contributed by atoms with E-state index >= 15 is 0 Å². The summed E-state index contributed by atoms with van der Waals surface area (Å²) in [5.41, 5.74) is 2.40. The average Bonchev–Trinajstić information content (AvgIpc) is 3.20. The number of aromatic nitrogens is 3. The van der Waals surface area contributed by atoms with Gasteiger partial charge in [0.15, 0.2) is 6.61 Å². The molecule has 1 aromatic heterocycles. The Morgan fingerprint density at radius 1 is 1.13 bits per heavy atom. The normalized spacial score (nSPS) is 16.4. The Balaban J connectivity index is 1.31. The summed E-state index contributed by atoms with van der Waals surface area (Å²) in [6, 6.07) is 18.1. The van der Waals surface area contributed by atoms with Gasteiger partial charge in [-0.2, -0.15) is 0 Å². The predicted octanol–water partition coefficient (Wildman–Crippen LogP) is 3.49. The molecule has 156 valence electrons. The van der Waals surface area contributed by atoms with Gasteiger partial charge in [-0.1, -0.05) is 48.0 Å². The SMILES string of the molecule is Cc1ccc(OCC(=O)N2CCCC(Cc3nncn3Cc3ccccc3)C2)cc1. The van der Waals surface area contributed by atoms with E-state index in [0.717, 1.165) is 50.5 Å². The van der Waals surface area contributed by atoms with E-state index in [1.807, 2.05) is 54.3 Å². The van der Waals surface area contributed by atoms with Gasteiger partial charge in [0, 0.05) is 19.5 Å². The Kier molecular flexibility index (Phi) is 6.42. The van der Waals surface area contributed by atoms with Crippen molar-refractivity contribution in [3.05, 3.63) is 77.9 Å². The highest BCUT2D eigenvalue weighted by molar-refractivity contribution is 5.77. The lowest BCUT2D eigenvalue weighted by molar-refractivity contribution is -0.135. The van der Waals surface area contributed by atoms with E-state index in [2.05, 4.69) is 26.9 Å². The summed E-state index contributed by atoms with van der Waals surface area (Å²) in [7, 11) is 0. The summed E-state index contributed by atoms with van der Waals surface area (Å²) in [5, 5.41) is 8.46. The van der Waals surface area contributed by atoms with E-state index in [-0.39, 0.29) is 12.5 Å². The molecule has 3 aromatic rings. The van der Waals surface area contributed by atoms with Gasteiger partial charge in [0.05, 0.1) is 6.54 Å². The Morgan fingerprint density at radius 2 is 1.93 bits per heavy atom. The van der Waals surface area contributed by atoms with Crippen molar-refractivity contribution in [1.82, 2.24) is 19.7 Å². The second-order valence-corrected chi connectivity index (χ2v) is 8.01. The van der Waals surface area contributed by atoms with Crippen LogP contribution in [0, 0.1) is 12.8 Å². The first-order valence-electron chi connectivity index (χ1n) is 10.6. The average molecular weight is 405 g/mol. The molecule has 0 bridgehead atoms. The van der Waals surface area contributed by atoms with Gasteiger partial charge in [-0.15, -0.1) is 10.2 Å². The highest BCUT2D eigenvalue weighted by atomic mass is 16.5. The number of hydrogen-bond donors (Lipinski definition) is 0. The Labute approximate surface area is 177 Å². The zero-order chi connectivity index (χ0) is 20.8. The fourth-order valence-electron chi connectivity index (χ4n) is 3.94. The molecular weight excluding hydrogens is 376 g/mol. The molecule has 0 N–H and O–H groups in total. The minimum absolute atomic E-state index is 0.0472. The molecule has 2 heterocycles. The number of benzene rings is 2. The maximum atomic E-state index is 12.7. The van der Waals surface area contributed by atoms with Crippen molar-refractivity contribution in [3.63, 3.8) is 0 Å². The van der Waals surface area contributed by atoms with E-state index in [1.54, 1.807) is 6.33 Å². The van der Waals surface area contributed by atoms with Gasteiger partial charge in [0.1, 0.15) is 17.9 Å². The van der Waals surface area contributed by atoms with Crippen LogP contribution in [0.1, 0.15) is 29.8 Å². The van der Waals surface area contributed by atoms with Crippen LogP contribution in [0.2, 0.25) is 0 Å². The third kappa shape index (κ3) is 5.26. The zero-order valence-electron chi connectivity index (χ0n) is 17.4.